The van der Waals surface area contributed by atoms with E-state index in [0.29, 0.717) is 11.1 Å². The van der Waals surface area contributed by atoms with E-state index in [1.165, 1.54) is 11.8 Å². The van der Waals surface area contributed by atoms with Crippen molar-refractivity contribution in [1.82, 2.24) is 19.3 Å². The molecule has 1 N–H and O–H groups in total. The van der Waals surface area contributed by atoms with Crippen molar-refractivity contribution < 1.29 is 9.90 Å². The van der Waals surface area contributed by atoms with Gasteiger partial charge in [-0.15, -0.1) is 0 Å². The van der Waals surface area contributed by atoms with Crippen LogP contribution in [0.15, 0.2) is 17.6 Å². The molecular formula is C13H18N4O2S. The molecule has 0 aliphatic rings. The number of nitrogens with zero attached hydrogens (tertiary/aromatic N) is 4. The molecular weight excluding hydrogens is 276 g/mol. The van der Waals surface area contributed by atoms with Gasteiger partial charge in [-0.1, -0.05) is 25.6 Å². The minimum absolute atomic E-state index is 0.00609. The fourth-order valence-corrected chi connectivity index (χ4v) is 2.74. The monoisotopic (exact) mass is 294 g/mol. The SMILES string of the molecule is Cc1nn(C)cc1-n1c(C(C)C)cnc1SCC(=O)O. The van der Waals surface area contributed by atoms with E-state index in [1.54, 1.807) is 10.9 Å². The van der Waals surface area contributed by atoms with Crippen LogP contribution in [0.2, 0.25) is 0 Å². The van der Waals surface area contributed by atoms with Gasteiger partial charge in [-0.25, -0.2) is 4.98 Å². The molecule has 20 heavy (non-hydrogen) atoms. The van der Waals surface area contributed by atoms with Gasteiger partial charge in [0, 0.05) is 18.9 Å². The van der Waals surface area contributed by atoms with E-state index in [9.17, 15) is 4.79 Å². The zero-order valence-electron chi connectivity index (χ0n) is 12.0. The topological polar surface area (TPSA) is 72.9 Å². The van der Waals surface area contributed by atoms with Gasteiger partial charge in [0.25, 0.3) is 0 Å². The molecule has 0 amide bonds. The van der Waals surface area contributed by atoms with Gasteiger partial charge in [0.15, 0.2) is 5.16 Å². The fraction of sp³-hybridized carbons (Fsp3) is 0.462. The number of thioether (sulfide) groups is 1. The lowest BCUT2D eigenvalue weighted by atomic mass is 10.1. The standard InChI is InChI=1S/C13H18N4O2S/c1-8(2)10-5-14-13(20-7-12(18)19)17(10)11-6-16(4)15-9(11)3/h5-6,8H,7H2,1-4H3,(H,18,19). The number of aromatic nitrogens is 4. The Kier molecular flexibility index (Phi) is 4.17. The molecule has 0 saturated carbocycles. The average molecular weight is 294 g/mol. The van der Waals surface area contributed by atoms with E-state index in [0.717, 1.165) is 17.1 Å². The van der Waals surface area contributed by atoms with Crippen LogP contribution < -0.4 is 0 Å². The number of aryl methyl sites for hydroxylation is 2. The number of hydrogen-bond donors (Lipinski definition) is 1. The van der Waals surface area contributed by atoms with Crippen LogP contribution in [0.1, 0.15) is 31.2 Å². The second-order valence-electron chi connectivity index (χ2n) is 4.91. The molecule has 0 radical (unpaired) electrons. The first-order valence-electron chi connectivity index (χ1n) is 6.33. The van der Waals surface area contributed by atoms with Crippen LogP contribution >= 0.6 is 11.8 Å². The van der Waals surface area contributed by atoms with Gasteiger partial charge in [0.05, 0.1) is 23.3 Å². The lowest BCUT2D eigenvalue weighted by molar-refractivity contribution is -0.133. The molecule has 6 nitrogen and oxygen atoms in total. The maximum Gasteiger partial charge on any atom is 0.313 e. The zero-order valence-corrected chi connectivity index (χ0v) is 12.8. The third-order valence-electron chi connectivity index (χ3n) is 2.90. The summed E-state index contributed by atoms with van der Waals surface area (Å²) in [4.78, 5) is 15.1. The molecule has 0 aromatic carbocycles. The van der Waals surface area contributed by atoms with Crippen molar-refractivity contribution in [2.24, 2.45) is 7.05 Å². The summed E-state index contributed by atoms with van der Waals surface area (Å²) in [6, 6.07) is 0. The van der Waals surface area contributed by atoms with Crippen LogP contribution in [-0.4, -0.2) is 36.2 Å². The predicted molar refractivity (Wildman–Crippen MR) is 77.5 cm³/mol. The molecule has 2 rings (SSSR count). The summed E-state index contributed by atoms with van der Waals surface area (Å²) in [5, 5.41) is 13.9. The highest BCUT2D eigenvalue weighted by Gasteiger charge is 2.18. The summed E-state index contributed by atoms with van der Waals surface area (Å²) < 4.78 is 3.75. The van der Waals surface area contributed by atoms with Crippen LogP contribution in [0.25, 0.3) is 5.69 Å². The number of aliphatic carboxylic acids is 1. The van der Waals surface area contributed by atoms with E-state index in [-0.39, 0.29) is 5.75 Å². The van der Waals surface area contributed by atoms with Crippen molar-refractivity contribution in [3.8, 4) is 5.69 Å². The molecule has 0 atom stereocenters. The molecule has 2 aromatic rings. The Hall–Kier alpha value is -1.76. The van der Waals surface area contributed by atoms with Gasteiger partial charge in [-0.05, 0) is 12.8 Å². The summed E-state index contributed by atoms with van der Waals surface area (Å²) in [6.07, 6.45) is 3.73. The lowest BCUT2D eigenvalue weighted by Gasteiger charge is -2.12. The Bertz CT molecular complexity index is 630. The number of imidazole rings is 1. The molecule has 2 aromatic heterocycles. The number of carboxylic acids is 1. The second-order valence-corrected chi connectivity index (χ2v) is 5.85. The van der Waals surface area contributed by atoms with Gasteiger partial charge >= 0.3 is 5.97 Å². The molecule has 108 valence electrons. The maximum atomic E-state index is 10.8. The first-order chi connectivity index (χ1) is 9.40. The number of hydrogen-bond acceptors (Lipinski definition) is 4. The van der Waals surface area contributed by atoms with Gasteiger partial charge in [0.1, 0.15) is 0 Å². The van der Waals surface area contributed by atoms with Crippen LogP contribution in [0.5, 0.6) is 0 Å². The largest absolute Gasteiger partial charge is 0.481 e. The predicted octanol–water partition coefficient (Wildman–Crippen LogP) is 2.21. The maximum absolute atomic E-state index is 10.8. The van der Waals surface area contributed by atoms with Crippen LogP contribution in [0, 0.1) is 6.92 Å². The first kappa shape index (κ1) is 14.6. The molecule has 0 bridgehead atoms. The molecule has 0 unspecified atom stereocenters. The Morgan fingerprint density at radius 1 is 1.50 bits per heavy atom. The van der Waals surface area contributed by atoms with E-state index in [1.807, 2.05) is 24.7 Å². The van der Waals surface area contributed by atoms with Gasteiger partial charge in [-0.2, -0.15) is 5.10 Å². The van der Waals surface area contributed by atoms with Crippen molar-refractivity contribution in [2.45, 2.75) is 31.8 Å². The summed E-state index contributed by atoms with van der Waals surface area (Å²) in [7, 11) is 1.87. The summed E-state index contributed by atoms with van der Waals surface area (Å²) in [5.41, 5.74) is 2.89. The quantitative estimate of drug-likeness (QED) is 0.856. The van der Waals surface area contributed by atoms with Crippen LogP contribution in [-0.2, 0) is 11.8 Å². The normalized spacial score (nSPS) is 11.2. The highest BCUT2D eigenvalue weighted by molar-refractivity contribution is 7.99. The second kappa shape index (κ2) is 5.70. The van der Waals surface area contributed by atoms with E-state index in [2.05, 4.69) is 23.9 Å². The van der Waals surface area contributed by atoms with Gasteiger partial charge < -0.3 is 5.11 Å². The number of rotatable bonds is 5. The van der Waals surface area contributed by atoms with E-state index < -0.39 is 5.97 Å². The molecule has 0 aliphatic heterocycles. The van der Waals surface area contributed by atoms with E-state index in [4.69, 9.17) is 5.11 Å². The van der Waals surface area contributed by atoms with Crippen molar-refractivity contribution in [1.29, 1.82) is 0 Å². The zero-order chi connectivity index (χ0) is 14.9. The van der Waals surface area contributed by atoms with Crippen molar-refractivity contribution in [3.63, 3.8) is 0 Å². The molecule has 7 heteroatoms. The Morgan fingerprint density at radius 2 is 2.20 bits per heavy atom. The molecule has 2 heterocycles. The average Bonchev–Trinajstić information content (AvgIpc) is 2.89. The van der Waals surface area contributed by atoms with Crippen molar-refractivity contribution in [2.75, 3.05) is 5.75 Å². The fourth-order valence-electron chi connectivity index (χ4n) is 2.03. The molecule has 0 fully saturated rings. The van der Waals surface area contributed by atoms with Gasteiger partial charge in [0.2, 0.25) is 0 Å². The Labute approximate surface area is 121 Å². The number of carboxylic acid groups (broad SMARTS) is 1. The molecule has 0 aliphatic carbocycles. The summed E-state index contributed by atoms with van der Waals surface area (Å²) in [6.45, 7) is 6.11. The van der Waals surface area contributed by atoms with Gasteiger partial charge in [-0.3, -0.25) is 14.0 Å². The summed E-state index contributed by atoms with van der Waals surface area (Å²) in [5.74, 6) is -0.562. The van der Waals surface area contributed by atoms with Crippen LogP contribution in [0.4, 0.5) is 0 Å². The lowest BCUT2D eigenvalue weighted by Crippen LogP contribution is -2.06. The summed E-state index contributed by atoms with van der Waals surface area (Å²) >= 11 is 1.22. The minimum Gasteiger partial charge on any atom is -0.481 e. The first-order valence-corrected chi connectivity index (χ1v) is 7.31. The van der Waals surface area contributed by atoms with Crippen molar-refractivity contribution in [3.05, 3.63) is 23.8 Å². The van der Waals surface area contributed by atoms with Crippen LogP contribution in [0.3, 0.4) is 0 Å². The van der Waals surface area contributed by atoms with Crippen molar-refractivity contribution >= 4 is 17.7 Å². The Balaban J connectivity index is 2.49. The smallest absolute Gasteiger partial charge is 0.313 e. The highest BCUT2D eigenvalue weighted by atomic mass is 32.2. The number of carbonyl (C=O) groups is 1. The Morgan fingerprint density at radius 3 is 2.70 bits per heavy atom. The highest BCUT2D eigenvalue weighted by Crippen LogP contribution is 2.28. The molecule has 0 saturated heterocycles. The third kappa shape index (κ3) is 2.87. The third-order valence-corrected chi connectivity index (χ3v) is 3.84. The molecule has 0 spiro atoms. The van der Waals surface area contributed by atoms with E-state index >= 15 is 0 Å². The minimum atomic E-state index is -0.849.